The molecule has 2 atom stereocenters. The Morgan fingerprint density at radius 1 is 1.33 bits per heavy atom. The van der Waals surface area contributed by atoms with Gasteiger partial charge in [0.25, 0.3) is 0 Å². The molecule has 0 fully saturated rings. The lowest BCUT2D eigenvalue weighted by molar-refractivity contribution is 0.179. The fraction of sp³-hybridized carbons (Fsp3) is 0.692. The molecule has 0 radical (unpaired) electrons. The van der Waals surface area contributed by atoms with E-state index in [0.29, 0.717) is 11.6 Å². The highest BCUT2D eigenvalue weighted by Crippen LogP contribution is 2.21. The molecule has 5 heteroatoms. The zero-order valence-electron chi connectivity index (χ0n) is 11.5. The standard InChI is InChI=1S/C13H22ClN3O/c1-5-6-11-16-12(14)10(4)13(17-11)15-8(2)7-9(3)18/h8-9,18H,5-7H2,1-4H3,(H,15,16,17). The van der Waals surface area contributed by atoms with Crippen LogP contribution < -0.4 is 5.32 Å². The summed E-state index contributed by atoms with van der Waals surface area (Å²) in [6.45, 7) is 7.78. The number of aliphatic hydroxyl groups excluding tert-OH is 1. The molecule has 0 aliphatic heterocycles. The van der Waals surface area contributed by atoms with Gasteiger partial charge in [0, 0.05) is 18.0 Å². The lowest BCUT2D eigenvalue weighted by Gasteiger charge is -2.18. The molecular weight excluding hydrogens is 250 g/mol. The number of aromatic nitrogens is 2. The number of anilines is 1. The van der Waals surface area contributed by atoms with Crippen LogP contribution in [0.2, 0.25) is 5.15 Å². The number of hydrogen-bond donors (Lipinski definition) is 2. The van der Waals surface area contributed by atoms with Crippen LogP contribution in [-0.2, 0) is 6.42 Å². The Kier molecular flexibility index (Phi) is 5.82. The van der Waals surface area contributed by atoms with Crippen LogP contribution in [0.1, 0.15) is 45.0 Å². The van der Waals surface area contributed by atoms with Gasteiger partial charge in [-0.15, -0.1) is 0 Å². The highest BCUT2D eigenvalue weighted by molar-refractivity contribution is 6.30. The lowest BCUT2D eigenvalue weighted by atomic mass is 10.1. The third-order valence-electron chi connectivity index (χ3n) is 2.68. The van der Waals surface area contributed by atoms with Crippen molar-refractivity contribution >= 4 is 17.4 Å². The first-order chi connectivity index (χ1) is 8.43. The first-order valence-electron chi connectivity index (χ1n) is 6.41. The average Bonchev–Trinajstić information content (AvgIpc) is 2.24. The third kappa shape index (κ3) is 4.42. The fourth-order valence-corrected chi connectivity index (χ4v) is 2.00. The Balaban J connectivity index is 2.86. The molecule has 1 rings (SSSR count). The quantitative estimate of drug-likeness (QED) is 0.781. The van der Waals surface area contributed by atoms with Gasteiger partial charge in [-0.05, 0) is 33.6 Å². The van der Waals surface area contributed by atoms with E-state index in [2.05, 4.69) is 22.2 Å². The van der Waals surface area contributed by atoms with Crippen molar-refractivity contribution in [3.05, 3.63) is 16.5 Å². The van der Waals surface area contributed by atoms with Crippen LogP contribution in [0.4, 0.5) is 5.82 Å². The van der Waals surface area contributed by atoms with Gasteiger partial charge in [0.1, 0.15) is 16.8 Å². The van der Waals surface area contributed by atoms with Gasteiger partial charge in [-0.3, -0.25) is 0 Å². The summed E-state index contributed by atoms with van der Waals surface area (Å²) in [6.07, 6.45) is 2.14. The fourth-order valence-electron chi connectivity index (χ4n) is 1.81. The van der Waals surface area contributed by atoms with Gasteiger partial charge >= 0.3 is 0 Å². The van der Waals surface area contributed by atoms with Crippen LogP contribution in [0.5, 0.6) is 0 Å². The summed E-state index contributed by atoms with van der Waals surface area (Å²) in [5.41, 5.74) is 0.856. The third-order valence-corrected chi connectivity index (χ3v) is 3.05. The molecule has 0 amide bonds. The smallest absolute Gasteiger partial charge is 0.137 e. The zero-order chi connectivity index (χ0) is 13.7. The molecule has 1 aromatic rings. The number of aliphatic hydroxyl groups is 1. The van der Waals surface area contributed by atoms with Crippen LogP contribution in [0.3, 0.4) is 0 Å². The minimum Gasteiger partial charge on any atom is -0.393 e. The van der Waals surface area contributed by atoms with Gasteiger partial charge in [-0.1, -0.05) is 18.5 Å². The minimum atomic E-state index is -0.333. The monoisotopic (exact) mass is 271 g/mol. The second-order valence-corrected chi connectivity index (χ2v) is 5.14. The molecule has 2 unspecified atom stereocenters. The molecular formula is C13H22ClN3O. The molecule has 18 heavy (non-hydrogen) atoms. The molecule has 0 aliphatic rings. The van der Waals surface area contributed by atoms with E-state index >= 15 is 0 Å². The Labute approximate surface area is 114 Å². The second-order valence-electron chi connectivity index (χ2n) is 4.78. The van der Waals surface area contributed by atoms with Crippen molar-refractivity contribution in [3.63, 3.8) is 0 Å². The first-order valence-corrected chi connectivity index (χ1v) is 6.79. The summed E-state index contributed by atoms with van der Waals surface area (Å²) >= 11 is 6.10. The summed E-state index contributed by atoms with van der Waals surface area (Å²) < 4.78 is 0. The summed E-state index contributed by atoms with van der Waals surface area (Å²) in [4.78, 5) is 8.74. The van der Waals surface area contributed by atoms with Crippen molar-refractivity contribution in [2.24, 2.45) is 0 Å². The molecule has 0 aromatic carbocycles. The highest BCUT2D eigenvalue weighted by atomic mass is 35.5. The van der Waals surface area contributed by atoms with Gasteiger partial charge in [0.05, 0.1) is 6.10 Å². The highest BCUT2D eigenvalue weighted by Gasteiger charge is 2.12. The number of aryl methyl sites for hydroxylation is 1. The minimum absolute atomic E-state index is 0.143. The predicted octanol–water partition coefficient (Wildman–Crippen LogP) is 2.96. The van der Waals surface area contributed by atoms with E-state index in [9.17, 15) is 5.11 Å². The van der Waals surface area contributed by atoms with E-state index in [0.717, 1.165) is 30.0 Å². The number of nitrogens with zero attached hydrogens (tertiary/aromatic N) is 2. The topological polar surface area (TPSA) is 58.0 Å². The van der Waals surface area contributed by atoms with Crippen molar-refractivity contribution < 1.29 is 5.11 Å². The molecule has 0 saturated carbocycles. The van der Waals surface area contributed by atoms with Crippen molar-refractivity contribution in [2.75, 3.05) is 5.32 Å². The normalized spacial score (nSPS) is 14.3. The van der Waals surface area contributed by atoms with E-state index in [1.807, 2.05) is 13.8 Å². The second kappa shape index (κ2) is 6.90. The van der Waals surface area contributed by atoms with Crippen molar-refractivity contribution in [1.29, 1.82) is 0 Å². The Morgan fingerprint density at radius 2 is 2.00 bits per heavy atom. The Hall–Kier alpha value is -0.870. The molecule has 102 valence electrons. The largest absolute Gasteiger partial charge is 0.393 e. The molecule has 0 bridgehead atoms. The lowest BCUT2D eigenvalue weighted by Crippen LogP contribution is -2.22. The average molecular weight is 272 g/mol. The molecule has 0 spiro atoms. The molecule has 1 heterocycles. The van der Waals surface area contributed by atoms with Gasteiger partial charge in [-0.2, -0.15) is 0 Å². The Morgan fingerprint density at radius 3 is 2.56 bits per heavy atom. The maximum absolute atomic E-state index is 9.36. The zero-order valence-corrected chi connectivity index (χ0v) is 12.3. The van der Waals surface area contributed by atoms with Gasteiger partial charge in [0.15, 0.2) is 0 Å². The first kappa shape index (κ1) is 15.2. The number of nitrogens with one attached hydrogen (secondary N) is 1. The number of rotatable bonds is 6. The van der Waals surface area contributed by atoms with E-state index in [1.54, 1.807) is 6.92 Å². The van der Waals surface area contributed by atoms with Crippen LogP contribution in [0, 0.1) is 6.92 Å². The van der Waals surface area contributed by atoms with Crippen LogP contribution in [0.25, 0.3) is 0 Å². The molecule has 0 aliphatic carbocycles. The summed E-state index contributed by atoms with van der Waals surface area (Å²) in [7, 11) is 0. The van der Waals surface area contributed by atoms with E-state index in [4.69, 9.17) is 11.6 Å². The van der Waals surface area contributed by atoms with Crippen molar-refractivity contribution in [2.45, 2.75) is 59.1 Å². The number of hydrogen-bond acceptors (Lipinski definition) is 4. The number of halogens is 1. The van der Waals surface area contributed by atoms with Gasteiger partial charge < -0.3 is 10.4 Å². The van der Waals surface area contributed by atoms with Crippen molar-refractivity contribution in [1.82, 2.24) is 9.97 Å². The Bertz CT molecular complexity index is 396. The molecule has 2 N–H and O–H groups in total. The van der Waals surface area contributed by atoms with E-state index < -0.39 is 0 Å². The maximum atomic E-state index is 9.36. The van der Waals surface area contributed by atoms with Crippen LogP contribution in [0.15, 0.2) is 0 Å². The van der Waals surface area contributed by atoms with Crippen LogP contribution >= 0.6 is 11.6 Å². The summed E-state index contributed by atoms with van der Waals surface area (Å²) in [6, 6.07) is 0.143. The molecule has 1 aromatic heterocycles. The van der Waals surface area contributed by atoms with E-state index in [1.165, 1.54) is 0 Å². The van der Waals surface area contributed by atoms with Gasteiger partial charge in [0.2, 0.25) is 0 Å². The van der Waals surface area contributed by atoms with Crippen molar-refractivity contribution in [3.8, 4) is 0 Å². The van der Waals surface area contributed by atoms with E-state index in [-0.39, 0.29) is 12.1 Å². The summed E-state index contributed by atoms with van der Waals surface area (Å²) in [5.74, 6) is 1.53. The summed E-state index contributed by atoms with van der Waals surface area (Å²) in [5, 5.41) is 13.2. The SMILES string of the molecule is CCCc1nc(Cl)c(C)c(NC(C)CC(C)O)n1. The molecule has 4 nitrogen and oxygen atoms in total. The maximum Gasteiger partial charge on any atom is 0.137 e. The van der Waals surface area contributed by atoms with Crippen LogP contribution in [-0.4, -0.2) is 27.2 Å². The predicted molar refractivity (Wildman–Crippen MR) is 75.2 cm³/mol. The van der Waals surface area contributed by atoms with Gasteiger partial charge in [-0.25, -0.2) is 9.97 Å². The molecule has 0 saturated heterocycles.